The fourth-order valence-corrected chi connectivity index (χ4v) is 3.04. The van der Waals surface area contributed by atoms with Gasteiger partial charge in [-0.05, 0) is 43.1 Å². The maximum absolute atomic E-state index is 10.6. The number of carbonyl (C=O) groups is 1. The first-order valence-electron chi connectivity index (χ1n) is 6.88. The van der Waals surface area contributed by atoms with Gasteiger partial charge in [-0.25, -0.2) is 0 Å². The highest BCUT2D eigenvalue weighted by Gasteiger charge is 2.21. The molecule has 1 aromatic carbocycles. The standard InChI is InChI=1S/C16H22O/c1-2-3-13-4-8-15(9-5-13)16-10-6-14(12-17)7-11-16/h6-7,10-13,15H,2-5,8-9H2,1H3. The number of hydrogen-bond donors (Lipinski definition) is 0. The smallest absolute Gasteiger partial charge is 0.150 e. The molecule has 1 fully saturated rings. The minimum atomic E-state index is 0.726. The van der Waals surface area contributed by atoms with Crippen molar-refractivity contribution >= 4 is 6.29 Å². The van der Waals surface area contributed by atoms with Crippen molar-refractivity contribution in [3.8, 4) is 0 Å². The molecule has 92 valence electrons. The van der Waals surface area contributed by atoms with Gasteiger partial charge >= 0.3 is 0 Å². The van der Waals surface area contributed by atoms with E-state index in [1.807, 2.05) is 12.1 Å². The highest BCUT2D eigenvalue weighted by Crippen LogP contribution is 2.37. The van der Waals surface area contributed by atoms with E-state index in [-0.39, 0.29) is 0 Å². The molecule has 0 N–H and O–H groups in total. The van der Waals surface area contributed by atoms with Crippen LogP contribution in [0, 0.1) is 5.92 Å². The minimum absolute atomic E-state index is 0.726. The quantitative estimate of drug-likeness (QED) is 0.692. The van der Waals surface area contributed by atoms with Crippen LogP contribution in [-0.4, -0.2) is 6.29 Å². The summed E-state index contributed by atoms with van der Waals surface area (Å²) in [7, 11) is 0. The number of carbonyl (C=O) groups excluding carboxylic acids is 1. The Labute approximate surface area is 104 Å². The Balaban J connectivity index is 1.93. The van der Waals surface area contributed by atoms with Crippen molar-refractivity contribution in [2.75, 3.05) is 0 Å². The molecule has 1 nitrogen and oxygen atoms in total. The Morgan fingerprint density at radius 3 is 2.29 bits per heavy atom. The largest absolute Gasteiger partial charge is 0.298 e. The van der Waals surface area contributed by atoms with Gasteiger partial charge in [0.2, 0.25) is 0 Å². The van der Waals surface area contributed by atoms with Crippen LogP contribution in [0.4, 0.5) is 0 Å². The van der Waals surface area contributed by atoms with Gasteiger partial charge in [-0.1, -0.05) is 44.0 Å². The number of hydrogen-bond acceptors (Lipinski definition) is 1. The van der Waals surface area contributed by atoms with E-state index in [4.69, 9.17) is 0 Å². The fourth-order valence-electron chi connectivity index (χ4n) is 3.04. The Morgan fingerprint density at radius 2 is 1.76 bits per heavy atom. The third kappa shape index (κ3) is 3.18. The van der Waals surface area contributed by atoms with Gasteiger partial charge in [0.25, 0.3) is 0 Å². The molecule has 0 unspecified atom stereocenters. The highest BCUT2D eigenvalue weighted by atomic mass is 16.1. The summed E-state index contributed by atoms with van der Waals surface area (Å²) in [5, 5.41) is 0. The molecule has 1 aliphatic rings. The van der Waals surface area contributed by atoms with Crippen LogP contribution in [0.3, 0.4) is 0 Å². The van der Waals surface area contributed by atoms with Gasteiger partial charge in [0.1, 0.15) is 6.29 Å². The molecule has 0 amide bonds. The Morgan fingerprint density at radius 1 is 1.12 bits per heavy atom. The molecule has 0 bridgehead atoms. The van der Waals surface area contributed by atoms with Crippen molar-refractivity contribution in [3.05, 3.63) is 35.4 Å². The van der Waals surface area contributed by atoms with Gasteiger partial charge in [-0.3, -0.25) is 4.79 Å². The van der Waals surface area contributed by atoms with Crippen LogP contribution in [0.2, 0.25) is 0 Å². The predicted octanol–water partition coefficient (Wildman–Crippen LogP) is 4.57. The third-order valence-electron chi connectivity index (χ3n) is 4.09. The van der Waals surface area contributed by atoms with Crippen LogP contribution in [0.25, 0.3) is 0 Å². The lowest BCUT2D eigenvalue weighted by Crippen LogP contribution is -2.13. The van der Waals surface area contributed by atoms with Gasteiger partial charge in [0.05, 0.1) is 0 Å². The van der Waals surface area contributed by atoms with Crippen molar-refractivity contribution in [2.45, 2.75) is 51.4 Å². The molecule has 2 rings (SSSR count). The van der Waals surface area contributed by atoms with E-state index in [9.17, 15) is 4.79 Å². The monoisotopic (exact) mass is 230 g/mol. The number of aldehydes is 1. The molecule has 1 saturated carbocycles. The zero-order chi connectivity index (χ0) is 12.1. The molecule has 1 aromatic rings. The first-order chi connectivity index (χ1) is 8.33. The van der Waals surface area contributed by atoms with E-state index >= 15 is 0 Å². The maximum Gasteiger partial charge on any atom is 0.150 e. The number of benzene rings is 1. The first kappa shape index (κ1) is 12.3. The average molecular weight is 230 g/mol. The second-order valence-corrected chi connectivity index (χ2v) is 5.29. The lowest BCUT2D eigenvalue weighted by atomic mass is 9.77. The second-order valence-electron chi connectivity index (χ2n) is 5.29. The summed E-state index contributed by atoms with van der Waals surface area (Å²) >= 11 is 0. The Bertz CT molecular complexity index is 344. The molecule has 1 heteroatoms. The predicted molar refractivity (Wildman–Crippen MR) is 71.4 cm³/mol. The van der Waals surface area contributed by atoms with Gasteiger partial charge in [-0.15, -0.1) is 0 Å². The third-order valence-corrected chi connectivity index (χ3v) is 4.09. The molecule has 0 aromatic heterocycles. The zero-order valence-electron chi connectivity index (χ0n) is 10.7. The van der Waals surface area contributed by atoms with Crippen LogP contribution in [-0.2, 0) is 0 Å². The van der Waals surface area contributed by atoms with E-state index in [0.29, 0.717) is 0 Å². The zero-order valence-corrected chi connectivity index (χ0v) is 10.7. The average Bonchev–Trinajstić information content (AvgIpc) is 2.40. The summed E-state index contributed by atoms with van der Waals surface area (Å²) in [6, 6.07) is 8.16. The minimum Gasteiger partial charge on any atom is -0.298 e. The van der Waals surface area contributed by atoms with Crippen molar-refractivity contribution in [2.24, 2.45) is 5.92 Å². The summed E-state index contributed by atoms with van der Waals surface area (Å²) in [6.45, 7) is 2.28. The maximum atomic E-state index is 10.6. The lowest BCUT2D eigenvalue weighted by Gasteiger charge is -2.28. The van der Waals surface area contributed by atoms with Gasteiger partial charge in [-0.2, -0.15) is 0 Å². The summed E-state index contributed by atoms with van der Waals surface area (Å²) in [4.78, 5) is 10.6. The highest BCUT2D eigenvalue weighted by molar-refractivity contribution is 5.74. The topological polar surface area (TPSA) is 17.1 Å². The summed E-state index contributed by atoms with van der Waals surface area (Å²) in [5.41, 5.74) is 2.21. The molecular weight excluding hydrogens is 208 g/mol. The molecule has 1 aliphatic carbocycles. The molecule has 0 spiro atoms. The van der Waals surface area contributed by atoms with E-state index in [2.05, 4.69) is 19.1 Å². The van der Waals surface area contributed by atoms with E-state index < -0.39 is 0 Å². The second kappa shape index (κ2) is 6.00. The summed E-state index contributed by atoms with van der Waals surface area (Å²) in [6.07, 6.45) is 9.06. The first-order valence-corrected chi connectivity index (χ1v) is 6.88. The normalized spacial score (nSPS) is 24.5. The SMILES string of the molecule is CCCC1CCC(c2ccc(C=O)cc2)CC1. The Hall–Kier alpha value is -1.11. The lowest BCUT2D eigenvalue weighted by molar-refractivity contribution is 0.112. The summed E-state index contributed by atoms with van der Waals surface area (Å²) in [5.74, 6) is 1.69. The molecule has 0 radical (unpaired) electrons. The van der Waals surface area contributed by atoms with E-state index in [1.165, 1.54) is 44.1 Å². The van der Waals surface area contributed by atoms with Crippen LogP contribution in [0.1, 0.15) is 67.3 Å². The van der Waals surface area contributed by atoms with Crippen LogP contribution >= 0.6 is 0 Å². The molecule has 0 heterocycles. The molecule has 0 aliphatic heterocycles. The van der Waals surface area contributed by atoms with Gasteiger partial charge in [0.15, 0.2) is 0 Å². The van der Waals surface area contributed by atoms with Crippen molar-refractivity contribution in [3.63, 3.8) is 0 Å². The van der Waals surface area contributed by atoms with E-state index in [1.54, 1.807) is 0 Å². The van der Waals surface area contributed by atoms with Crippen LogP contribution < -0.4 is 0 Å². The molecular formula is C16H22O. The summed E-state index contributed by atoms with van der Waals surface area (Å²) < 4.78 is 0. The van der Waals surface area contributed by atoms with Crippen LogP contribution in [0.5, 0.6) is 0 Å². The fraction of sp³-hybridized carbons (Fsp3) is 0.562. The van der Waals surface area contributed by atoms with Crippen molar-refractivity contribution in [1.82, 2.24) is 0 Å². The molecule has 0 atom stereocenters. The van der Waals surface area contributed by atoms with Crippen molar-refractivity contribution < 1.29 is 4.79 Å². The van der Waals surface area contributed by atoms with Gasteiger partial charge in [0, 0.05) is 5.56 Å². The van der Waals surface area contributed by atoms with E-state index in [0.717, 1.165) is 23.7 Å². The molecule has 17 heavy (non-hydrogen) atoms. The Kier molecular flexibility index (Phi) is 4.36. The molecule has 0 saturated heterocycles. The van der Waals surface area contributed by atoms with Crippen LogP contribution in [0.15, 0.2) is 24.3 Å². The number of rotatable bonds is 4. The van der Waals surface area contributed by atoms with Crippen molar-refractivity contribution in [1.29, 1.82) is 0 Å². The van der Waals surface area contributed by atoms with Gasteiger partial charge < -0.3 is 0 Å².